The molecule has 0 unspecified atom stereocenters. The van der Waals surface area contributed by atoms with Crippen LogP contribution in [0.4, 0.5) is 4.79 Å². The SMILES string of the molecule is CC(=O)OC[C@@H](OC(C)=O)[C@H](OC(C)=O)[C@@H](OC(C)=O)[C@@H](OC(C)=O)C(=O)NC[C@H]1O[C@@](O)(Cc2ccccc2)[C@H](NC(=O)OCc2ccccc2)[C@@H](OC(C)=O)[C@@H]1OC(C)=O. The van der Waals surface area contributed by atoms with Gasteiger partial charge in [-0.15, -0.1) is 0 Å². The lowest BCUT2D eigenvalue weighted by Crippen LogP contribution is -2.73. The Morgan fingerprint density at radius 1 is 0.629 bits per heavy atom. The van der Waals surface area contributed by atoms with E-state index < -0.39 is 128 Å². The van der Waals surface area contributed by atoms with Gasteiger partial charge in [0.2, 0.25) is 6.10 Å². The molecular formula is C41H50N2O19. The van der Waals surface area contributed by atoms with Crippen molar-refractivity contribution in [2.45, 2.75) is 116 Å². The van der Waals surface area contributed by atoms with E-state index in [2.05, 4.69) is 10.6 Å². The highest BCUT2D eigenvalue weighted by atomic mass is 16.7. The zero-order chi connectivity index (χ0) is 46.1. The molecule has 1 aliphatic rings. The van der Waals surface area contributed by atoms with E-state index in [1.165, 1.54) is 0 Å². The standard InChI is InChI=1S/C41H50N2O19/c1-22(44)54-21-32(56-23(2)45)34(58-25(4)47)35(59-26(5)48)37(61-28(7)50)39(51)42-19-31-33(57-24(3)46)36(60-27(6)49)38(41(53,62-31)18-29-14-10-8-11-15-29)43-40(52)55-20-30-16-12-9-13-17-30/h8-17,31-38,53H,18-21H2,1-7H3,(H,42,51)(H,43,52)/t31-,32-,33-,34+,35-,36+,37-,38-,41+/m1/s1. The fourth-order valence-corrected chi connectivity index (χ4v) is 6.40. The van der Waals surface area contributed by atoms with Crippen molar-refractivity contribution < 1.29 is 90.9 Å². The summed E-state index contributed by atoms with van der Waals surface area (Å²) in [4.78, 5) is 114. The van der Waals surface area contributed by atoms with Crippen LogP contribution in [0, 0.1) is 0 Å². The van der Waals surface area contributed by atoms with Gasteiger partial charge in [0, 0.05) is 61.4 Å². The molecule has 2 amide bonds. The second-order valence-corrected chi connectivity index (χ2v) is 13.9. The van der Waals surface area contributed by atoms with E-state index in [1.54, 1.807) is 60.7 Å². The molecule has 0 aliphatic carbocycles. The number of carbonyl (C=O) groups is 9. The summed E-state index contributed by atoms with van der Waals surface area (Å²) in [6, 6.07) is 15.1. The fourth-order valence-electron chi connectivity index (χ4n) is 6.40. The highest BCUT2D eigenvalue weighted by Crippen LogP contribution is 2.35. The Balaban J connectivity index is 2.10. The van der Waals surface area contributed by atoms with Gasteiger partial charge in [-0.2, -0.15) is 0 Å². The zero-order valence-electron chi connectivity index (χ0n) is 35.0. The number of benzene rings is 2. The summed E-state index contributed by atoms with van der Waals surface area (Å²) in [6.45, 7) is 4.95. The van der Waals surface area contributed by atoms with Gasteiger partial charge < -0.3 is 58.4 Å². The molecule has 21 nitrogen and oxygen atoms in total. The Morgan fingerprint density at radius 3 is 1.66 bits per heavy atom. The lowest BCUT2D eigenvalue weighted by molar-refractivity contribution is -0.314. The maximum absolute atomic E-state index is 14.2. The van der Waals surface area contributed by atoms with E-state index in [1.807, 2.05) is 0 Å². The average molecular weight is 875 g/mol. The molecule has 0 spiro atoms. The first-order chi connectivity index (χ1) is 29.2. The van der Waals surface area contributed by atoms with Gasteiger partial charge in [0.1, 0.15) is 25.4 Å². The number of ether oxygens (including phenoxy) is 9. The molecule has 338 valence electrons. The monoisotopic (exact) mass is 874 g/mol. The highest BCUT2D eigenvalue weighted by Gasteiger charge is 2.58. The highest BCUT2D eigenvalue weighted by molar-refractivity contribution is 5.85. The summed E-state index contributed by atoms with van der Waals surface area (Å²) in [5.41, 5.74) is 1.06. The van der Waals surface area contributed by atoms with E-state index in [0.29, 0.717) is 11.1 Å². The predicted octanol–water partition coefficient (Wildman–Crippen LogP) is 0.881. The minimum absolute atomic E-state index is 0.209. The quantitative estimate of drug-likeness (QED) is 0.130. The van der Waals surface area contributed by atoms with Crippen LogP contribution >= 0.6 is 0 Å². The van der Waals surface area contributed by atoms with Crippen molar-refractivity contribution in [3.8, 4) is 0 Å². The van der Waals surface area contributed by atoms with Crippen molar-refractivity contribution in [3.63, 3.8) is 0 Å². The summed E-state index contributed by atoms with van der Waals surface area (Å²) in [5, 5.41) is 17.3. The molecule has 0 radical (unpaired) electrons. The van der Waals surface area contributed by atoms with Crippen molar-refractivity contribution in [1.29, 1.82) is 0 Å². The predicted molar refractivity (Wildman–Crippen MR) is 206 cm³/mol. The van der Waals surface area contributed by atoms with Crippen LogP contribution in [0.3, 0.4) is 0 Å². The lowest BCUT2D eigenvalue weighted by Gasteiger charge is -2.50. The van der Waals surface area contributed by atoms with Crippen molar-refractivity contribution in [2.75, 3.05) is 13.2 Å². The van der Waals surface area contributed by atoms with E-state index in [-0.39, 0.29) is 6.61 Å². The first-order valence-corrected chi connectivity index (χ1v) is 19.0. The number of hydrogen-bond donors (Lipinski definition) is 3. The van der Waals surface area contributed by atoms with Gasteiger partial charge in [-0.3, -0.25) is 38.4 Å². The number of carbonyl (C=O) groups excluding carboxylic acids is 9. The minimum atomic E-state index is -2.52. The number of hydrogen-bond acceptors (Lipinski definition) is 19. The third-order valence-corrected chi connectivity index (χ3v) is 8.64. The third-order valence-electron chi connectivity index (χ3n) is 8.64. The normalized spacial score (nSPS) is 21.2. The maximum Gasteiger partial charge on any atom is 0.408 e. The van der Waals surface area contributed by atoms with Gasteiger partial charge >= 0.3 is 47.9 Å². The Bertz CT molecular complexity index is 1910. The van der Waals surface area contributed by atoms with Crippen LogP contribution in [-0.2, 0) is 94.0 Å². The molecule has 3 N–H and O–H groups in total. The second kappa shape index (κ2) is 23.4. The second-order valence-electron chi connectivity index (χ2n) is 13.9. The molecule has 1 aliphatic heterocycles. The van der Waals surface area contributed by atoms with Crippen LogP contribution in [-0.4, -0.2) is 127 Å². The van der Waals surface area contributed by atoms with E-state index in [0.717, 1.165) is 48.5 Å². The topological polar surface area (TPSA) is 281 Å². The van der Waals surface area contributed by atoms with Crippen molar-refractivity contribution in [2.24, 2.45) is 0 Å². The minimum Gasteiger partial charge on any atom is -0.462 e. The van der Waals surface area contributed by atoms with Crippen LogP contribution in [0.15, 0.2) is 60.7 Å². The first kappa shape index (κ1) is 49.8. The molecule has 1 saturated heterocycles. The molecule has 9 atom stereocenters. The molecule has 1 heterocycles. The lowest BCUT2D eigenvalue weighted by atomic mass is 9.86. The summed E-state index contributed by atoms with van der Waals surface area (Å²) < 4.78 is 48.9. The Labute approximate surface area is 355 Å². The van der Waals surface area contributed by atoms with Crippen molar-refractivity contribution in [1.82, 2.24) is 10.6 Å². The van der Waals surface area contributed by atoms with Gasteiger partial charge in [0.05, 0.1) is 0 Å². The van der Waals surface area contributed by atoms with Crippen LogP contribution in [0.5, 0.6) is 0 Å². The number of aliphatic hydroxyl groups is 1. The van der Waals surface area contributed by atoms with Crippen LogP contribution in [0.25, 0.3) is 0 Å². The number of amides is 2. The largest absolute Gasteiger partial charge is 0.462 e. The van der Waals surface area contributed by atoms with Gasteiger partial charge in [-0.1, -0.05) is 60.7 Å². The van der Waals surface area contributed by atoms with Crippen molar-refractivity contribution >= 4 is 53.8 Å². The molecule has 62 heavy (non-hydrogen) atoms. The molecule has 21 heteroatoms. The molecular weight excluding hydrogens is 824 g/mol. The number of rotatable bonds is 19. The third kappa shape index (κ3) is 15.8. The fraction of sp³-hybridized carbons (Fsp3) is 0.488. The summed E-state index contributed by atoms with van der Waals surface area (Å²) in [5.74, 6) is -10.8. The van der Waals surface area contributed by atoms with Crippen LogP contribution in [0.2, 0.25) is 0 Å². The number of esters is 7. The molecule has 0 saturated carbocycles. The van der Waals surface area contributed by atoms with E-state index >= 15 is 0 Å². The maximum atomic E-state index is 14.2. The smallest absolute Gasteiger partial charge is 0.408 e. The average Bonchev–Trinajstić information content (AvgIpc) is 3.18. The summed E-state index contributed by atoms with van der Waals surface area (Å²) in [6.07, 6.45) is -14.6. The molecule has 0 aromatic heterocycles. The van der Waals surface area contributed by atoms with Gasteiger partial charge in [-0.25, -0.2) is 4.79 Å². The molecule has 2 aromatic rings. The van der Waals surface area contributed by atoms with Gasteiger partial charge in [-0.05, 0) is 11.1 Å². The number of nitrogens with one attached hydrogen (secondary N) is 2. The van der Waals surface area contributed by atoms with Crippen LogP contribution < -0.4 is 10.6 Å². The Hall–Kier alpha value is -6.61. The summed E-state index contributed by atoms with van der Waals surface area (Å²) >= 11 is 0. The zero-order valence-corrected chi connectivity index (χ0v) is 35.0. The van der Waals surface area contributed by atoms with Gasteiger partial charge in [0.15, 0.2) is 36.3 Å². The first-order valence-electron chi connectivity index (χ1n) is 19.0. The van der Waals surface area contributed by atoms with E-state index in [9.17, 15) is 48.3 Å². The van der Waals surface area contributed by atoms with Gasteiger partial charge in [0.25, 0.3) is 5.91 Å². The molecule has 1 fully saturated rings. The summed E-state index contributed by atoms with van der Waals surface area (Å²) in [7, 11) is 0. The van der Waals surface area contributed by atoms with Crippen LogP contribution in [0.1, 0.15) is 59.6 Å². The Morgan fingerprint density at radius 2 is 1.15 bits per heavy atom. The number of alkyl carbamates (subject to hydrolysis) is 1. The molecule has 2 aromatic carbocycles. The Kier molecular flexibility index (Phi) is 18.8. The molecule has 0 bridgehead atoms. The molecule has 3 rings (SSSR count). The van der Waals surface area contributed by atoms with E-state index in [4.69, 9.17) is 42.6 Å². The van der Waals surface area contributed by atoms with Crippen molar-refractivity contribution in [3.05, 3.63) is 71.8 Å².